The molecule has 0 saturated heterocycles. The summed E-state index contributed by atoms with van der Waals surface area (Å²) in [4.78, 5) is 16.4. The van der Waals surface area contributed by atoms with Crippen molar-refractivity contribution in [2.75, 3.05) is 6.54 Å². The van der Waals surface area contributed by atoms with Gasteiger partial charge in [-0.25, -0.2) is 9.78 Å². The molecule has 3 N–H and O–H groups in total. The Hall–Kier alpha value is -1.14. The van der Waals surface area contributed by atoms with Crippen molar-refractivity contribution < 1.29 is 9.53 Å². The van der Waals surface area contributed by atoms with Gasteiger partial charge in [-0.3, -0.25) is 0 Å². The number of hydrogen-bond acceptors (Lipinski definition) is 5. The quantitative estimate of drug-likeness (QED) is 0.844. The topological polar surface area (TPSA) is 77.2 Å². The van der Waals surface area contributed by atoms with Gasteiger partial charge >= 0.3 is 6.09 Å². The summed E-state index contributed by atoms with van der Waals surface area (Å²) < 4.78 is 5.03. The fourth-order valence-corrected chi connectivity index (χ4v) is 1.78. The molecule has 1 rings (SSSR count). The van der Waals surface area contributed by atoms with E-state index in [9.17, 15) is 4.79 Å². The summed E-state index contributed by atoms with van der Waals surface area (Å²) in [5.74, 6) is 0. The van der Waals surface area contributed by atoms with Crippen LogP contribution < -0.4 is 15.8 Å². The smallest absolute Gasteiger partial charge is 0.381 e. The van der Waals surface area contributed by atoms with E-state index in [1.54, 1.807) is 6.20 Å². The number of carbonyl (C=O) groups is 1. The molecular formula is C10H17N3O2S. The van der Waals surface area contributed by atoms with E-state index in [1.807, 2.05) is 20.8 Å². The zero-order chi connectivity index (χ0) is 12.2. The molecule has 0 aliphatic rings. The lowest BCUT2D eigenvalue weighted by Gasteiger charge is -2.18. The van der Waals surface area contributed by atoms with Crippen molar-refractivity contribution >= 4 is 17.4 Å². The molecule has 0 spiro atoms. The Kier molecular flexibility index (Phi) is 4.26. The van der Waals surface area contributed by atoms with Crippen molar-refractivity contribution in [3.05, 3.63) is 11.1 Å². The van der Waals surface area contributed by atoms with E-state index in [-0.39, 0.29) is 5.54 Å². The highest BCUT2D eigenvalue weighted by Gasteiger charge is 2.16. The molecular weight excluding hydrogens is 226 g/mol. The Bertz CT molecular complexity index is 357. The van der Waals surface area contributed by atoms with Crippen molar-refractivity contribution in [1.29, 1.82) is 0 Å². The summed E-state index contributed by atoms with van der Waals surface area (Å²) >= 11 is 1.34. The Morgan fingerprint density at radius 3 is 2.88 bits per heavy atom. The van der Waals surface area contributed by atoms with Crippen LogP contribution in [0.25, 0.3) is 0 Å². The predicted octanol–water partition coefficient (Wildman–Crippen LogP) is 1.53. The first kappa shape index (κ1) is 12.9. The van der Waals surface area contributed by atoms with E-state index in [0.717, 1.165) is 11.3 Å². The molecule has 0 fully saturated rings. The number of nitrogens with two attached hydrogens (primary N) is 1. The molecule has 1 heterocycles. The lowest BCUT2D eigenvalue weighted by atomic mass is 10.1. The second-order valence-electron chi connectivity index (χ2n) is 4.40. The molecule has 0 bridgehead atoms. The van der Waals surface area contributed by atoms with Gasteiger partial charge in [0.1, 0.15) is 0 Å². The van der Waals surface area contributed by atoms with E-state index in [0.29, 0.717) is 11.7 Å². The van der Waals surface area contributed by atoms with Crippen molar-refractivity contribution in [2.45, 2.75) is 32.7 Å². The van der Waals surface area contributed by atoms with Crippen LogP contribution in [0.1, 0.15) is 25.6 Å². The van der Waals surface area contributed by atoms with E-state index in [1.165, 1.54) is 11.3 Å². The maximum atomic E-state index is 11.4. The molecule has 0 atom stereocenters. The normalized spacial score (nSPS) is 11.2. The van der Waals surface area contributed by atoms with Crippen molar-refractivity contribution in [3.8, 4) is 5.19 Å². The molecule has 0 unspecified atom stereocenters. The maximum Gasteiger partial charge on any atom is 0.414 e. The Labute approximate surface area is 99.0 Å². The number of thiazole rings is 1. The zero-order valence-corrected chi connectivity index (χ0v) is 10.6. The largest absolute Gasteiger partial charge is 0.414 e. The summed E-state index contributed by atoms with van der Waals surface area (Å²) in [6.07, 6.45) is 1.94. The first-order valence-electron chi connectivity index (χ1n) is 5.05. The van der Waals surface area contributed by atoms with Crippen LogP contribution in [0, 0.1) is 0 Å². The van der Waals surface area contributed by atoms with Crippen LogP contribution in [0.3, 0.4) is 0 Å². The third-order valence-electron chi connectivity index (χ3n) is 1.58. The molecule has 16 heavy (non-hydrogen) atoms. The van der Waals surface area contributed by atoms with E-state index < -0.39 is 6.09 Å². The number of ether oxygens (including phenoxy) is 1. The second-order valence-corrected chi connectivity index (χ2v) is 5.47. The Balaban J connectivity index is 2.50. The fourth-order valence-electron chi connectivity index (χ4n) is 1.01. The van der Waals surface area contributed by atoms with Crippen molar-refractivity contribution in [1.82, 2.24) is 10.3 Å². The highest BCUT2D eigenvalue weighted by Crippen LogP contribution is 2.20. The Morgan fingerprint density at radius 1 is 1.62 bits per heavy atom. The SMILES string of the molecule is CC(C)(C)NC(=O)Oc1ncc(CCN)s1. The van der Waals surface area contributed by atoms with Gasteiger partial charge in [0.2, 0.25) is 0 Å². The summed E-state index contributed by atoms with van der Waals surface area (Å²) in [6.45, 7) is 6.22. The number of hydrogen-bond donors (Lipinski definition) is 2. The average molecular weight is 243 g/mol. The van der Waals surface area contributed by atoms with Gasteiger partial charge in [0.25, 0.3) is 5.19 Å². The van der Waals surface area contributed by atoms with Gasteiger partial charge in [-0.05, 0) is 33.7 Å². The molecule has 0 aromatic carbocycles. The molecule has 0 aliphatic heterocycles. The molecule has 6 heteroatoms. The van der Waals surface area contributed by atoms with E-state index >= 15 is 0 Å². The maximum absolute atomic E-state index is 11.4. The number of amides is 1. The van der Waals surface area contributed by atoms with Gasteiger partial charge in [-0.2, -0.15) is 0 Å². The van der Waals surface area contributed by atoms with Crippen LogP contribution in [-0.2, 0) is 6.42 Å². The number of aromatic nitrogens is 1. The minimum atomic E-state index is -0.485. The molecule has 0 aliphatic carbocycles. The van der Waals surface area contributed by atoms with Crippen LogP contribution in [0.15, 0.2) is 6.20 Å². The van der Waals surface area contributed by atoms with Gasteiger partial charge in [-0.15, -0.1) is 0 Å². The van der Waals surface area contributed by atoms with Gasteiger partial charge in [0.05, 0.1) is 0 Å². The summed E-state index contributed by atoms with van der Waals surface area (Å²) in [7, 11) is 0. The molecule has 1 aromatic rings. The van der Waals surface area contributed by atoms with Gasteiger partial charge in [-0.1, -0.05) is 11.3 Å². The van der Waals surface area contributed by atoms with Crippen LogP contribution in [0.4, 0.5) is 4.79 Å². The van der Waals surface area contributed by atoms with Gasteiger partial charge in [0.15, 0.2) is 0 Å². The van der Waals surface area contributed by atoms with E-state index in [4.69, 9.17) is 10.5 Å². The van der Waals surface area contributed by atoms with Crippen LogP contribution >= 0.6 is 11.3 Å². The molecule has 1 aromatic heterocycles. The third kappa shape index (κ3) is 4.59. The summed E-state index contributed by atoms with van der Waals surface area (Å²) in [5.41, 5.74) is 5.10. The average Bonchev–Trinajstić information content (AvgIpc) is 2.49. The van der Waals surface area contributed by atoms with Gasteiger partial charge < -0.3 is 15.8 Å². The highest BCUT2D eigenvalue weighted by molar-refractivity contribution is 7.13. The Morgan fingerprint density at radius 2 is 2.31 bits per heavy atom. The summed E-state index contributed by atoms with van der Waals surface area (Å²) in [6, 6.07) is 0. The standard InChI is InChI=1S/C10H17N3O2S/c1-10(2,3)13-8(14)15-9-12-6-7(16-9)4-5-11/h6H,4-5,11H2,1-3H3,(H,13,14). The minimum Gasteiger partial charge on any atom is -0.381 e. The summed E-state index contributed by atoms with van der Waals surface area (Å²) in [5, 5.41) is 3.04. The van der Waals surface area contributed by atoms with Crippen LogP contribution in [0.2, 0.25) is 0 Å². The van der Waals surface area contributed by atoms with Gasteiger partial charge in [0, 0.05) is 16.6 Å². The minimum absolute atomic E-state index is 0.311. The van der Waals surface area contributed by atoms with Crippen molar-refractivity contribution in [2.24, 2.45) is 5.73 Å². The monoisotopic (exact) mass is 243 g/mol. The highest BCUT2D eigenvalue weighted by atomic mass is 32.1. The fraction of sp³-hybridized carbons (Fsp3) is 0.600. The number of nitrogens with one attached hydrogen (secondary N) is 1. The zero-order valence-electron chi connectivity index (χ0n) is 9.74. The molecule has 1 amide bonds. The molecule has 5 nitrogen and oxygen atoms in total. The first-order chi connectivity index (χ1) is 7.40. The van der Waals surface area contributed by atoms with E-state index in [2.05, 4.69) is 10.3 Å². The number of carbonyl (C=O) groups excluding carboxylic acids is 1. The first-order valence-corrected chi connectivity index (χ1v) is 5.87. The van der Waals surface area contributed by atoms with Crippen molar-refractivity contribution in [3.63, 3.8) is 0 Å². The predicted molar refractivity (Wildman–Crippen MR) is 63.8 cm³/mol. The molecule has 0 radical (unpaired) electrons. The third-order valence-corrected chi connectivity index (χ3v) is 2.52. The lowest BCUT2D eigenvalue weighted by molar-refractivity contribution is 0.190. The molecule has 0 saturated carbocycles. The van der Waals surface area contributed by atoms with Crippen LogP contribution in [0.5, 0.6) is 5.19 Å². The lowest BCUT2D eigenvalue weighted by Crippen LogP contribution is -2.42. The number of rotatable bonds is 3. The van der Waals surface area contributed by atoms with Crippen LogP contribution in [-0.4, -0.2) is 23.2 Å². The second kappa shape index (κ2) is 5.27. The number of nitrogens with zero attached hydrogens (tertiary/aromatic N) is 1. The molecule has 90 valence electrons.